The smallest absolute Gasteiger partial charge is 0.271 e. The summed E-state index contributed by atoms with van der Waals surface area (Å²) in [5, 5.41) is 17.3. The van der Waals surface area contributed by atoms with Crippen molar-refractivity contribution in [1.29, 1.82) is 0 Å². The number of nitro benzene ring substituents is 1. The van der Waals surface area contributed by atoms with Gasteiger partial charge in [0, 0.05) is 18.7 Å². The third-order valence-electron chi connectivity index (χ3n) is 3.41. The molecule has 0 aliphatic carbocycles. The Hall–Kier alpha value is -2.67. The van der Waals surface area contributed by atoms with Gasteiger partial charge >= 0.3 is 0 Å². The predicted molar refractivity (Wildman–Crippen MR) is 98.6 cm³/mol. The van der Waals surface area contributed by atoms with Crippen LogP contribution in [0.4, 0.5) is 11.4 Å². The van der Waals surface area contributed by atoms with Crippen LogP contribution in [0.15, 0.2) is 48.5 Å². The van der Waals surface area contributed by atoms with Crippen LogP contribution < -0.4 is 15.4 Å². The van der Waals surface area contributed by atoms with Crippen molar-refractivity contribution in [3.63, 3.8) is 0 Å². The summed E-state index contributed by atoms with van der Waals surface area (Å²) in [6.45, 7) is 0.706. The van der Waals surface area contributed by atoms with Crippen molar-refractivity contribution in [3.8, 4) is 5.75 Å². The fourth-order valence-electron chi connectivity index (χ4n) is 2.21. The molecule has 0 aromatic heterocycles. The Kier molecular flexibility index (Phi) is 6.51. The zero-order valence-electron chi connectivity index (χ0n) is 13.3. The van der Waals surface area contributed by atoms with Gasteiger partial charge in [-0.2, -0.15) is 0 Å². The lowest BCUT2D eigenvalue weighted by molar-refractivity contribution is -0.384. The van der Waals surface area contributed by atoms with Gasteiger partial charge in [-0.05, 0) is 36.7 Å². The Labute approximate surface area is 146 Å². The maximum Gasteiger partial charge on any atom is 0.271 e. The van der Waals surface area contributed by atoms with E-state index >= 15 is 0 Å². The SMILES string of the molecule is COc1ccc([N+](=O)[O-])cc1NC(=S)NCCCc1ccccc1. The lowest BCUT2D eigenvalue weighted by Crippen LogP contribution is -2.29. The van der Waals surface area contributed by atoms with Crippen LogP contribution in [0.2, 0.25) is 0 Å². The number of nitro groups is 1. The lowest BCUT2D eigenvalue weighted by atomic mass is 10.1. The number of methoxy groups -OCH3 is 1. The van der Waals surface area contributed by atoms with Crippen molar-refractivity contribution in [2.75, 3.05) is 19.0 Å². The van der Waals surface area contributed by atoms with Gasteiger partial charge in [0.15, 0.2) is 5.11 Å². The van der Waals surface area contributed by atoms with Crippen LogP contribution in [0, 0.1) is 10.1 Å². The summed E-state index contributed by atoms with van der Waals surface area (Å²) in [6, 6.07) is 14.5. The zero-order chi connectivity index (χ0) is 17.4. The fraction of sp³-hybridized carbons (Fsp3) is 0.235. The number of benzene rings is 2. The third kappa shape index (κ3) is 5.20. The molecule has 0 bridgehead atoms. The van der Waals surface area contributed by atoms with Gasteiger partial charge in [-0.25, -0.2) is 0 Å². The molecule has 7 heteroatoms. The normalized spacial score (nSPS) is 10.0. The van der Waals surface area contributed by atoms with E-state index in [2.05, 4.69) is 22.8 Å². The molecule has 6 nitrogen and oxygen atoms in total. The first-order valence-electron chi connectivity index (χ1n) is 7.51. The molecule has 0 heterocycles. The highest BCUT2D eigenvalue weighted by molar-refractivity contribution is 7.80. The number of non-ortho nitro benzene ring substituents is 1. The second-order valence-corrected chi connectivity index (χ2v) is 5.52. The summed E-state index contributed by atoms with van der Waals surface area (Å²) < 4.78 is 5.19. The summed E-state index contributed by atoms with van der Waals surface area (Å²) in [5.41, 5.74) is 1.72. The summed E-state index contributed by atoms with van der Waals surface area (Å²) in [7, 11) is 1.50. The number of anilines is 1. The second kappa shape index (κ2) is 8.83. The highest BCUT2D eigenvalue weighted by Gasteiger charge is 2.12. The van der Waals surface area contributed by atoms with Crippen molar-refractivity contribution < 1.29 is 9.66 Å². The summed E-state index contributed by atoms with van der Waals surface area (Å²) in [5.74, 6) is 0.494. The molecule has 0 radical (unpaired) electrons. The summed E-state index contributed by atoms with van der Waals surface area (Å²) in [6.07, 6.45) is 1.88. The monoisotopic (exact) mass is 345 g/mol. The van der Waals surface area contributed by atoms with Crippen molar-refractivity contribution in [2.45, 2.75) is 12.8 Å². The summed E-state index contributed by atoms with van der Waals surface area (Å²) in [4.78, 5) is 10.4. The van der Waals surface area contributed by atoms with E-state index < -0.39 is 4.92 Å². The third-order valence-corrected chi connectivity index (χ3v) is 3.66. The van der Waals surface area contributed by atoms with Gasteiger partial charge in [-0.3, -0.25) is 10.1 Å². The van der Waals surface area contributed by atoms with Crippen LogP contribution in [-0.4, -0.2) is 23.7 Å². The van der Waals surface area contributed by atoms with Gasteiger partial charge in [0.25, 0.3) is 5.69 Å². The molecule has 0 aliphatic heterocycles. The molecule has 0 aliphatic rings. The maximum atomic E-state index is 10.9. The largest absolute Gasteiger partial charge is 0.495 e. The van der Waals surface area contributed by atoms with Crippen LogP contribution in [0.5, 0.6) is 5.75 Å². The lowest BCUT2D eigenvalue weighted by Gasteiger charge is -2.13. The van der Waals surface area contributed by atoms with E-state index in [9.17, 15) is 10.1 Å². The second-order valence-electron chi connectivity index (χ2n) is 5.11. The van der Waals surface area contributed by atoms with Gasteiger partial charge in [-0.1, -0.05) is 30.3 Å². The van der Waals surface area contributed by atoms with Crippen LogP contribution in [0.1, 0.15) is 12.0 Å². The quantitative estimate of drug-likeness (QED) is 0.346. The highest BCUT2D eigenvalue weighted by Crippen LogP contribution is 2.28. The number of hydrogen-bond acceptors (Lipinski definition) is 4. The minimum atomic E-state index is -0.457. The van der Waals surface area contributed by atoms with Crippen molar-refractivity contribution in [2.24, 2.45) is 0 Å². The molecule has 24 heavy (non-hydrogen) atoms. The Morgan fingerprint density at radius 1 is 1.25 bits per heavy atom. The van der Waals surface area contributed by atoms with E-state index in [4.69, 9.17) is 17.0 Å². The molecule has 0 saturated carbocycles. The predicted octanol–water partition coefficient (Wildman–Crippen LogP) is 3.52. The van der Waals surface area contributed by atoms with Crippen LogP contribution in [0.25, 0.3) is 0 Å². The van der Waals surface area contributed by atoms with E-state index in [0.29, 0.717) is 23.1 Å². The topological polar surface area (TPSA) is 76.4 Å². The first-order valence-corrected chi connectivity index (χ1v) is 7.92. The van der Waals surface area contributed by atoms with Crippen molar-refractivity contribution in [1.82, 2.24) is 5.32 Å². The van der Waals surface area contributed by atoms with Gasteiger partial charge in [0.2, 0.25) is 0 Å². The Morgan fingerprint density at radius 3 is 2.67 bits per heavy atom. The Morgan fingerprint density at radius 2 is 2.00 bits per heavy atom. The first-order chi connectivity index (χ1) is 11.6. The summed E-state index contributed by atoms with van der Waals surface area (Å²) >= 11 is 5.23. The number of hydrogen-bond donors (Lipinski definition) is 2. The van der Waals surface area contributed by atoms with Gasteiger partial charge < -0.3 is 15.4 Å². The minimum Gasteiger partial charge on any atom is -0.495 e. The molecule has 2 aromatic carbocycles. The molecule has 0 atom stereocenters. The van der Waals surface area contributed by atoms with E-state index in [1.807, 2.05) is 18.2 Å². The molecule has 0 saturated heterocycles. The number of rotatable bonds is 7. The first kappa shape index (κ1) is 17.7. The molecule has 2 rings (SSSR count). The highest BCUT2D eigenvalue weighted by atomic mass is 32.1. The molecular formula is C17H19N3O3S. The van der Waals surface area contributed by atoms with Crippen molar-refractivity contribution >= 4 is 28.7 Å². The molecule has 0 unspecified atom stereocenters. The standard InChI is InChI=1S/C17H19N3O3S/c1-23-16-10-9-14(20(21)22)12-15(16)19-17(24)18-11-5-8-13-6-3-2-4-7-13/h2-4,6-7,9-10,12H,5,8,11H2,1H3,(H2,18,19,24). The number of nitrogens with one attached hydrogen (secondary N) is 2. The van der Waals surface area contributed by atoms with Crippen molar-refractivity contribution in [3.05, 3.63) is 64.2 Å². The molecule has 2 N–H and O–H groups in total. The van der Waals surface area contributed by atoms with E-state index in [1.165, 1.54) is 24.8 Å². The van der Waals surface area contributed by atoms with Gasteiger partial charge in [0.1, 0.15) is 5.75 Å². The number of thiocarbonyl (C=S) groups is 1. The average molecular weight is 345 g/mol. The van der Waals surface area contributed by atoms with Gasteiger partial charge in [-0.15, -0.1) is 0 Å². The van der Waals surface area contributed by atoms with E-state index in [0.717, 1.165) is 12.8 Å². The Balaban J connectivity index is 1.85. The Bertz CT molecular complexity index is 707. The zero-order valence-corrected chi connectivity index (χ0v) is 14.1. The van der Waals surface area contributed by atoms with Gasteiger partial charge in [0.05, 0.1) is 17.7 Å². The van der Waals surface area contributed by atoms with Crippen LogP contribution in [-0.2, 0) is 6.42 Å². The van der Waals surface area contributed by atoms with Crippen LogP contribution >= 0.6 is 12.2 Å². The van der Waals surface area contributed by atoms with E-state index in [-0.39, 0.29) is 5.69 Å². The van der Waals surface area contributed by atoms with E-state index in [1.54, 1.807) is 6.07 Å². The maximum absolute atomic E-state index is 10.9. The molecule has 0 spiro atoms. The number of ether oxygens (including phenoxy) is 1. The minimum absolute atomic E-state index is 0.0230. The number of nitrogens with zero attached hydrogens (tertiary/aromatic N) is 1. The number of aryl methyl sites for hydroxylation is 1. The van der Waals surface area contributed by atoms with Crippen LogP contribution in [0.3, 0.4) is 0 Å². The molecule has 126 valence electrons. The molecule has 0 amide bonds. The molecular weight excluding hydrogens is 326 g/mol. The fourth-order valence-corrected chi connectivity index (χ4v) is 2.42. The molecule has 0 fully saturated rings. The molecule has 2 aromatic rings. The average Bonchev–Trinajstić information content (AvgIpc) is 2.59.